The molecule has 118 valence electrons. The van der Waals surface area contributed by atoms with Gasteiger partial charge in [-0.1, -0.05) is 0 Å². The number of pyridine rings is 1. The molecule has 1 heterocycles. The summed E-state index contributed by atoms with van der Waals surface area (Å²) in [6.45, 7) is 4.35. The number of hydrogen-bond donors (Lipinski definition) is 0. The van der Waals surface area contributed by atoms with Gasteiger partial charge in [0.25, 0.3) is 5.56 Å². The van der Waals surface area contributed by atoms with E-state index < -0.39 is 5.97 Å². The number of methoxy groups -OCH3 is 1. The Hall–Kier alpha value is -2.34. The van der Waals surface area contributed by atoms with E-state index in [2.05, 4.69) is 0 Å². The summed E-state index contributed by atoms with van der Waals surface area (Å²) in [5.41, 5.74) is 0.383. The van der Waals surface area contributed by atoms with Gasteiger partial charge in [0.15, 0.2) is 6.79 Å². The largest absolute Gasteiger partial charge is 0.467 e. The first-order valence-corrected chi connectivity index (χ1v) is 7.08. The molecule has 6 heteroatoms. The van der Waals surface area contributed by atoms with Crippen LogP contribution in [0.3, 0.4) is 0 Å². The normalized spacial score (nSPS) is 10.7. The Morgan fingerprint density at radius 3 is 2.64 bits per heavy atom. The van der Waals surface area contributed by atoms with Crippen molar-refractivity contribution >= 4 is 16.9 Å². The summed E-state index contributed by atoms with van der Waals surface area (Å²) in [5.74, 6) is -0.00357. The number of hydrogen-bond acceptors (Lipinski definition) is 5. The molecule has 2 rings (SSSR count). The van der Waals surface area contributed by atoms with Crippen molar-refractivity contribution in [2.45, 2.75) is 20.4 Å². The van der Waals surface area contributed by atoms with Gasteiger partial charge in [-0.3, -0.25) is 4.79 Å². The van der Waals surface area contributed by atoms with E-state index in [9.17, 15) is 9.59 Å². The van der Waals surface area contributed by atoms with Gasteiger partial charge in [0.2, 0.25) is 0 Å². The maximum absolute atomic E-state index is 12.5. The van der Waals surface area contributed by atoms with Crippen molar-refractivity contribution in [1.29, 1.82) is 0 Å². The van der Waals surface area contributed by atoms with Crippen LogP contribution < -0.4 is 10.3 Å². The van der Waals surface area contributed by atoms with Crippen LogP contribution in [0.15, 0.2) is 29.1 Å². The zero-order chi connectivity index (χ0) is 16.1. The first-order chi connectivity index (χ1) is 10.6. The number of nitrogens with zero attached hydrogens (tertiary/aromatic N) is 1. The van der Waals surface area contributed by atoms with Gasteiger partial charge in [0, 0.05) is 19.7 Å². The first-order valence-electron chi connectivity index (χ1n) is 7.08. The molecule has 22 heavy (non-hydrogen) atoms. The van der Waals surface area contributed by atoms with E-state index in [4.69, 9.17) is 14.2 Å². The van der Waals surface area contributed by atoms with Gasteiger partial charge in [-0.25, -0.2) is 4.79 Å². The summed E-state index contributed by atoms with van der Waals surface area (Å²) in [6.07, 6.45) is 0. The highest BCUT2D eigenvalue weighted by Crippen LogP contribution is 2.21. The third-order valence-electron chi connectivity index (χ3n) is 3.22. The van der Waals surface area contributed by atoms with E-state index >= 15 is 0 Å². The summed E-state index contributed by atoms with van der Waals surface area (Å²) in [4.78, 5) is 24.4. The molecule has 2 aromatic rings. The van der Waals surface area contributed by atoms with Gasteiger partial charge >= 0.3 is 5.97 Å². The molecule has 1 aromatic carbocycles. The molecule has 6 nitrogen and oxygen atoms in total. The fraction of sp³-hybridized carbons (Fsp3) is 0.375. The minimum atomic E-state index is -0.601. The molecule has 0 radical (unpaired) electrons. The highest BCUT2D eigenvalue weighted by Gasteiger charge is 2.16. The van der Waals surface area contributed by atoms with E-state index in [-0.39, 0.29) is 24.5 Å². The zero-order valence-electron chi connectivity index (χ0n) is 12.9. The summed E-state index contributed by atoms with van der Waals surface area (Å²) in [7, 11) is 1.54. The van der Waals surface area contributed by atoms with E-state index in [1.54, 1.807) is 31.2 Å². The maximum atomic E-state index is 12.5. The molecule has 0 fully saturated rings. The number of esters is 1. The van der Waals surface area contributed by atoms with Crippen molar-refractivity contribution in [2.24, 2.45) is 0 Å². The highest BCUT2D eigenvalue weighted by molar-refractivity contribution is 5.94. The van der Waals surface area contributed by atoms with Crippen molar-refractivity contribution in [3.63, 3.8) is 0 Å². The van der Waals surface area contributed by atoms with Gasteiger partial charge in [0.05, 0.1) is 12.1 Å². The average Bonchev–Trinajstić information content (AvgIpc) is 2.52. The molecule has 0 saturated carbocycles. The highest BCUT2D eigenvalue weighted by atomic mass is 16.7. The monoisotopic (exact) mass is 305 g/mol. The lowest BCUT2D eigenvalue weighted by atomic mass is 10.1. The Labute approximate surface area is 128 Å². The number of aromatic nitrogens is 1. The van der Waals surface area contributed by atoms with Crippen LogP contribution in [0, 0.1) is 0 Å². The van der Waals surface area contributed by atoms with Crippen LogP contribution in [0.5, 0.6) is 5.75 Å². The Balaban J connectivity index is 2.58. The van der Waals surface area contributed by atoms with Gasteiger partial charge in [-0.05, 0) is 37.4 Å². The summed E-state index contributed by atoms with van der Waals surface area (Å²) in [5, 5.41) is 0.772. The third-order valence-corrected chi connectivity index (χ3v) is 3.22. The van der Waals surface area contributed by atoms with Crippen LogP contribution in [0.1, 0.15) is 24.2 Å². The standard InChI is InChI=1S/C16H19NO5/c1-4-17-14-9-12(22-10-20-3)7-6-11(14)8-13(15(17)18)16(19)21-5-2/h6-9H,4-5,10H2,1-3H3. The lowest BCUT2D eigenvalue weighted by Crippen LogP contribution is -2.27. The van der Waals surface area contributed by atoms with E-state index in [1.807, 2.05) is 6.92 Å². The molecule has 0 aliphatic rings. The zero-order valence-corrected chi connectivity index (χ0v) is 12.9. The minimum absolute atomic E-state index is 0.0433. The van der Waals surface area contributed by atoms with Crippen LogP contribution in [-0.4, -0.2) is 31.0 Å². The number of carbonyl (C=O) groups excluding carboxylic acids is 1. The molecule has 0 aliphatic heterocycles. The van der Waals surface area contributed by atoms with Crippen molar-refractivity contribution in [3.05, 3.63) is 40.2 Å². The fourth-order valence-corrected chi connectivity index (χ4v) is 2.24. The number of ether oxygens (including phenoxy) is 3. The van der Waals surface area contributed by atoms with Crippen LogP contribution in [-0.2, 0) is 16.0 Å². The van der Waals surface area contributed by atoms with Crippen LogP contribution in [0.2, 0.25) is 0 Å². The molecule has 0 aliphatic carbocycles. The number of aryl methyl sites for hydroxylation is 1. The number of fused-ring (bicyclic) bond motifs is 1. The lowest BCUT2D eigenvalue weighted by molar-refractivity contribution is 0.0511. The predicted molar refractivity (Wildman–Crippen MR) is 82.3 cm³/mol. The Morgan fingerprint density at radius 1 is 1.23 bits per heavy atom. The fourth-order valence-electron chi connectivity index (χ4n) is 2.24. The third kappa shape index (κ3) is 3.12. The second kappa shape index (κ2) is 7.09. The molecule has 1 aromatic heterocycles. The average molecular weight is 305 g/mol. The molecule has 0 amide bonds. The molecule has 0 saturated heterocycles. The molecular weight excluding hydrogens is 286 g/mol. The SMILES string of the molecule is CCOC(=O)c1cc2ccc(OCOC)cc2n(CC)c1=O. The molecule has 0 bridgehead atoms. The maximum Gasteiger partial charge on any atom is 0.343 e. The van der Waals surface area contributed by atoms with Gasteiger partial charge in [0.1, 0.15) is 11.3 Å². The minimum Gasteiger partial charge on any atom is -0.467 e. The number of benzene rings is 1. The second-order valence-corrected chi connectivity index (χ2v) is 4.60. The van der Waals surface area contributed by atoms with Gasteiger partial charge in [-0.2, -0.15) is 0 Å². The van der Waals surface area contributed by atoms with E-state index in [1.165, 1.54) is 11.7 Å². The first kappa shape index (κ1) is 16.0. The van der Waals surface area contributed by atoms with E-state index in [0.717, 1.165) is 5.39 Å². The Morgan fingerprint density at radius 2 is 2.00 bits per heavy atom. The lowest BCUT2D eigenvalue weighted by Gasteiger charge is -2.12. The Bertz CT molecular complexity index is 735. The predicted octanol–water partition coefficient (Wildman–Crippen LogP) is 2.18. The van der Waals surface area contributed by atoms with Gasteiger partial charge < -0.3 is 18.8 Å². The molecule has 0 unspecified atom stereocenters. The van der Waals surface area contributed by atoms with Crippen LogP contribution >= 0.6 is 0 Å². The van der Waals surface area contributed by atoms with Gasteiger partial charge in [-0.15, -0.1) is 0 Å². The summed E-state index contributed by atoms with van der Waals surface area (Å²) < 4.78 is 16.7. The quantitative estimate of drug-likeness (QED) is 0.604. The molecule has 0 spiro atoms. The second-order valence-electron chi connectivity index (χ2n) is 4.60. The molecular formula is C16H19NO5. The molecule has 0 atom stereocenters. The topological polar surface area (TPSA) is 66.8 Å². The number of rotatable bonds is 6. The summed E-state index contributed by atoms with van der Waals surface area (Å²) >= 11 is 0. The smallest absolute Gasteiger partial charge is 0.343 e. The number of carbonyl (C=O) groups is 1. The van der Waals surface area contributed by atoms with E-state index in [0.29, 0.717) is 17.8 Å². The van der Waals surface area contributed by atoms with Crippen LogP contribution in [0.4, 0.5) is 0 Å². The van der Waals surface area contributed by atoms with Crippen molar-refractivity contribution < 1.29 is 19.0 Å². The van der Waals surface area contributed by atoms with Crippen molar-refractivity contribution in [3.8, 4) is 5.75 Å². The van der Waals surface area contributed by atoms with Crippen LogP contribution in [0.25, 0.3) is 10.9 Å². The summed E-state index contributed by atoms with van der Waals surface area (Å²) in [6, 6.07) is 6.88. The molecule has 0 N–H and O–H groups in total. The van der Waals surface area contributed by atoms with Crippen molar-refractivity contribution in [1.82, 2.24) is 4.57 Å². The van der Waals surface area contributed by atoms with Crippen molar-refractivity contribution in [2.75, 3.05) is 20.5 Å². The Kier molecular flexibility index (Phi) is 5.16.